The highest BCUT2D eigenvalue weighted by Gasteiger charge is 2.14. The number of para-hydroxylation sites is 1. The van der Waals surface area contributed by atoms with Crippen LogP contribution in [0.5, 0.6) is 0 Å². The fourth-order valence-corrected chi connectivity index (χ4v) is 2.92. The summed E-state index contributed by atoms with van der Waals surface area (Å²) < 4.78 is 0. The lowest BCUT2D eigenvalue weighted by Gasteiger charge is -2.14. The third kappa shape index (κ3) is 3.68. The Morgan fingerprint density at radius 2 is 1.96 bits per heavy atom. The van der Waals surface area contributed by atoms with Gasteiger partial charge in [-0.1, -0.05) is 49.4 Å². The lowest BCUT2D eigenvalue weighted by Crippen LogP contribution is -2.27. The molecule has 1 atom stereocenters. The molecule has 2 aromatic carbocycles. The van der Waals surface area contributed by atoms with Crippen molar-refractivity contribution in [2.75, 3.05) is 0 Å². The SMILES string of the molecule is CCc1ccc(C(C)NC(=O)C(C#N)=Cc2c[nH]c3ccccc23)cc1. The third-order valence-corrected chi connectivity index (χ3v) is 4.52. The number of benzene rings is 2. The molecule has 0 aliphatic heterocycles. The minimum Gasteiger partial charge on any atom is -0.361 e. The van der Waals surface area contributed by atoms with Gasteiger partial charge in [0.25, 0.3) is 5.91 Å². The van der Waals surface area contributed by atoms with E-state index in [1.807, 2.05) is 55.6 Å². The van der Waals surface area contributed by atoms with E-state index in [-0.39, 0.29) is 17.5 Å². The van der Waals surface area contributed by atoms with Gasteiger partial charge in [0.15, 0.2) is 0 Å². The number of H-pyrrole nitrogens is 1. The summed E-state index contributed by atoms with van der Waals surface area (Å²) in [4.78, 5) is 15.7. The van der Waals surface area contributed by atoms with Crippen LogP contribution in [0.1, 0.15) is 36.6 Å². The lowest BCUT2D eigenvalue weighted by molar-refractivity contribution is -0.117. The molecule has 0 aliphatic carbocycles. The summed E-state index contributed by atoms with van der Waals surface area (Å²) in [5.41, 5.74) is 4.16. The standard InChI is InChI=1S/C22H21N3O/c1-3-16-8-10-17(11-9-16)15(2)25-22(26)18(13-23)12-19-14-24-21-7-5-4-6-20(19)21/h4-12,14-15,24H,3H2,1-2H3,(H,25,26). The zero-order valence-electron chi connectivity index (χ0n) is 14.9. The van der Waals surface area contributed by atoms with Gasteiger partial charge in [-0.3, -0.25) is 4.79 Å². The normalized spacial score (nSPS) is 12.6. The minimum atomic E-state index is -0.371. The van der Waals surface area contributed by atoms with Crippen LogP contribution in [0.4, 0.5) is 0 Å². The van der Waals surface area contributed by atoms with Crippen molar-refractivity contribution in [3.63, 3.8) is 0 Å². The van der Waals surface area contributed by atoms with E-state index in [2.05, 4.69) is 29.4 Å². The Kier molecular flexibility index (Phi) is 5.19. The van der Waals surface area contributed by atoms with Crippen molar-refractivity contribution in [2.45, 2.75) is 26.3 Å². The third-order valence-electron chi connectivity index (χ3n) is 4.52. The average Bonchev–Trinajstić information content (AvgIpc) is 3.09. The van der Waals surface area contributed by atoms with Crippen molar-refractivity contribution in [3.8, 4) is 6.07 Å². The number of nitriles is 1. The number of carbonyl (C=O) groups is 1. The maximum atomic E-state index is 12.5. The van der Waals surface area contributed by atoms with Crippen molar-refractivity contribution in [1.82, 2.24) is 10.3 Å². The average molecular weight is 343 g/mol. The molecule has 3 aromatic rings. The second-order valence-corrected chi connectivity index (χ2v) is 6.25. The highest BCUT2D eigenvalue weighted by atomic mass is 16.1. The van der Waals surface area contributed by atoms with Crippen molar-refractivity contribution in [2.24, 2.45) is 0 Å². The number of aromatic amines is 1. The molecule has 4 heteroatoms. The van der Waals surface area contributed by atoms with Crippen molar-refractivity contribution < 1.29 is 4.79 Å². The van der Waals surface area contributed by atoms with Gasteiger partial charge in [0.1, 0.15) is 11.6 Å². The molecule has 0 fully saturated rings. The Balaban J connectivity index is 1.79. The molecule has 1 aromatic heterocycles. The predicted molar refractivity (Wildman–Crippen MR) is 104 cm³/mol. The molecule has 0 radical (unpaired) electrons. The van der Waals surface area contributed by atoms with Crippen LogP contribution >= 0.6 is 0 Å². The zero-order chi connectivity index (χ0) is 18.5. The largest absolute Gasteiger partial charge is 0.361 e. The highest BCUT2D eigenvalue weighted by Crippen LogP contribution is 2.21. The number of hydrogen-bond donors (Lipinski definition) is 2. The van der Waals surface area contributed by atoms with Gasteiger partial charge in [0.05, 0.1) is 6.04 Å². The second kappa shape index (κ2) is 7.71. The maximum Gasteiger partial charge on any atom is 0.262 e. The molecule has 130 valence electrons. The molecule has 0 saturated heterocycles. The quantitative estimate of drug-likeness (QED) is 0.528. The van der Waals surface area contributed by atoms with Gasteiger partial charge >= 0.3 is 0 Å². The first kappa shape index (κ1) is 17.5. The second-order valence-electron chi connectivity index (χ2n) is 6.25. The first-order valence-electron chi connectivity index (χ1n) is 8.70. The van der Waals surface area contributed by atoms with Crippen LogP contribution in [0.2, 0.25) is 0 Å². The van der Waals surface area contributed by atoms with E-state index in [9.17, 15) is 10.1 Å². The summed E-state index contributed by atoms with van der Waals surface area (Å²) in [6.45, 7) is 4.02. The van der Waals surface area contributed by atoms with Gasteiger partial charge in [-0.15, -0.1) is 0 Å². The molecule has 1 amide bonds. The number of amides is 1. The molecule has 26 heavy (non-hydrogen) atoms. The lowest BCUT2D eigenvalue weighted by atomic mass is 10.0. The molecule has 4 nitrogen and oxygen atoms in total. The van der Waals surface area contributed by atoms with Crippen LogP contribution in [0, 0.1) is 11.3 Å². The Morgan fingerprint density at radius 3 is 2.65 bits per heavy atom. The van der Waals surface area contributed by atoms with Crippen LogP contribution < -0.4 is 5.32 Å². The fraction of sp³-hybridized carbons (Fsp3) is 0.182. The van der Waals surface area contributed by atoms with Crippen molar-refractivity contribution >= 4 is 22.9 Å². The summed E-state index contributed by atoms with van der Waals surface area (Å²) in [5, 5.41) is 13.3. The Bertz CT molecular complexity index is 990. The molecule has 0 aliphatic rings. The van der Waals surface area contributed by atoms with Gasteiger partial charge < -0.3 is 10.3 Å². The first-order chi connectivity index (χ1) is 12.6. The number of carbonyl (C=O) groups excluding carboxylic acids is 1. The Labute approximate surface area is 153 Å². The van der Waals surface area contributed by atoms with E-state index in [0.29, 0.717) is 0 Å². The molecular formula is C22H21N3O. The minimum absolute atomic E-state index is 0.0896. The topological polar surface area (TPSA) is 68.7 Å². The smallest absolute Gasteiger partial charge is 0.262 e. The number of aromatic nitrogens is 1. The number of rotatable bonds is 5. The molecule has 0 spiro atoms. The van der Waals surface area contributed by atoms with E-state index in [1.165, 1.54) is 5.56 Å². The summed E-state index contributed by atoms with van der Waals surface area (Å²) in [7, 11) is 0. The Morgan fingerprint density at radius 1 is 1.23 bits per heavy atom. The highest BCUT2D eigenvalue weighted by molar-refractivity contribution is 6.04. The first-order valence-corrected chi connectivity index (χ1v) is 8.70. The van der Waals surface area contributed by atoms with E-state index < -0.39 is 0 Å². The van der Waals surface area contributed by atoms with Crippen molar-refractivity contribution in [3.05, 3.63) is 77.0 Å². The van der Waals surface area contributed by atoms with Gasteiger partial charge in [-0.05, 0) is 36.6 Å². The predicted octanol–water partition coefficient (Wildman–Crippen LogP) is 4.51. The number of nitrogens with zero attached hydrogens (tertiary/aromatic N) is 1. The molecule has 1 unspecified atom stereocenters. The molecule has 0 saturated carbocycles. The van der Waals surface area contributed by atoms with Crippen molar-refractivity contribution in [1.29, 1.82) is 5.26 Å². The van der Waals surface area contributed by atoms with Gasteiger partial charge in [-0.2, -0.15) is 5.26 Å². The van der Waals surface area contributed by atoms with E-state index in [1.54, 1.807) is 6.08 Å². The van der Waals surface area contributed by atoms with Gasteiger partial charge in [-0.25, -0.2) is 0 Å². The van der Waals surface area contributed by atoms with Crippen LogP contribution in [0.3, 0.4) is 0 Å². The Hall–Kier alpha value is -3.32. The van der Waals surface area contributed by atoms with Crippen LogP contribution in [0.15, 0.2) is 60.3 Å². The summed E-state index contributed by atoms with van der Waals surface area (Å²) in [6, 6.07) is 17.8. The monoisotopic (exact) mass is 343 g/mol. The van der Waals surface area contributed by atoms with E-state index in [0.717, 1.165) is 28.5 Å². The summed E-state index contributed by atoms with van der Waals surface area (Å²) in [6.07, 6.45) is 4.41. The van der Waals surface area contributed by atoms with E-state index in [4.69, 9.17) is 0 Å². The number of aryl methyl sites for hydroxylation is 1. The summed E-state index contributed by atoms with van der Waals surface area (Å²) >= 11 is 0. The van der Waals surface area contributed by atoms with Gasteiger partial charge in [0.2, 0.25) is 0 Å². The maximum absolute atomic E-state index is 12.5. The van der Waals surface area contributed by atoms with E-state index >= 15 is 0 Å². The molecule has 3 rings (SSSR count). The molecule has 2 N–H and O–H groups in total. The van der Waals surface area contributed by atoms with Crippen LogP contribution in [-0.4, -0.2) is 10.9 Å². The van der Waals surface area contributed by atoms with Gasteiger partial charge in [0, 0.05) is 22.7 Å². The van der Waals surface area contributed by atoms with Crippen LogP contribution in [-0.2, 0) is 11.2 Å². The molecular weight excluding hydrogens is 322 g/mol. The zero-order valence-corrected chi connectivity index (χ0v) is 14.9. The summed E-state index contributed by atoms with van der Waals surface area (Å²) in [5.74, 6) is -0.371. The molecule has 1 heterocycles. The number of fused-ring (bicyclic) bond motifs is 1. The van der Waals surface area contributed by atoms with Crippen LogP contribution in [0.25, 0.3) is 17.0 Å². The number of hydrogen-bond acceptors (Lipinski definition) is 2. The molecule has 0 bridgehead atoms. The number of nitrogens with one attached hydrogen (secondary N) is 2. The fourth-order valence-electron chi connectivity index (χ4n) is 2.92.